The Balaban J connectivity index is 1.81. The van der Waals surface area contributed by atoms with E-state index >= 15 is 0 Å². The van der Waals surface area contributed by atoms with Crippen molar-refractivity contribution in [2.24, 2.45) is 5.14 Å². The molecule has 4 N–H and O–H groups in total. The minimum atomic E-state index is -3.72. The SMILES string of the molecule is Cc1ccc(NC(=O)C(=O)NCCc2ccc(S(N)(=O)=O)cc2)cc1. The number of aryl methyl sites for hydroxylation is 1. The van der Waals surface area contributed by atoms with Gasteiger partial charge in [0.15, 0.2) is 0 Å². The third-order valence-electron chi connectivity index (χ3n) is 3.47. The van der Waals surface area contributed by atoms with Gasteiger partial charge in [-0.25, -0.2) is 13.6 Å². The Hall–Kier alpha value is -2.71. The van der Waals surface area contributed by atoms with Crippen molar-refractivity contribution in [1.29, 1.82) is 0 Å². The first-order chi connectivity index (χ1) is 11.8. The zero-order chi connectivity index (χ0) is 18.4. The van der Waals surface area contributed by atoms with Crippen LogP contribution in [0.15, 0.2) is 53.4 Å². The Bertz CT molecular complexity index is 860. The molecule has 132 valence electrons. The average molecular weight is 361 g/mol. The third kappa shape index (κ3) is 5.70. The maximum atomic E-state index is 11.8. The van der Waals surface area contributed by atoms with E-state index in [4.69, 9.17) is 5.14 Å². The van der Waals surface area contributed by atoms with E-state index < -0.39 is 21.8 Å². The van der Waals surface area contributed by atoms with E-state index in [9.17, 15) is 18.0 Å². The lowest BCUT2D eigenvalue weighted by Crippen LogP contribution is -2.36. The lowest BCUT2D eigenvalue weighted by Gasteiger charge is -2.07. The summed E-state index contributed by atoms with van der Waals surface area (Å²) in [4.78, 5) is 23.6. The van der Waals surface area contributed by atoms with Crippen molar-refractivity contribution >= 4 is 27.5 Å². The van der Waals surface area contributed by atoms with Gasteiger partial charge in [-0.3, -0.25) is 9.59 Å². The van der Waals surface area contributed by atoms with Crippen LogP contribution in [-0.2, 0) is 26.0 Å². The molecule has 0 spiro atoms. The molecule has 0 aromatic heterocycles. The standard InChI is InChI=1S/C17H19N3O4S/c1-12-2-6-14(7-3-12)20-17(22)16(21)19-11-10-13-4-8-15(9-5-13)25(18,23)24/h2-9H,10-11H2,1H3,(H,19,21)(H,20,22)(H2,18,23,24). The number of benzene rings is 2. The Morgan fingerprint density at radius 2 is 1.56 bits per heavy atom. The first-order valence-corrected chi connectivity index (χ1v) is 9.08. The molecule has 0 aliphatic carbocycles. The molecule has 0 aliphatic rings. The molecule has 2 rings (SSSR count). The maximum absolute atomic E-state index is 11.8. The summed E-state index contributed by atoms with van der Waals surface area (Å²) in [5.74, 6) is -1.48. The van der Waals surface area contributed by atoms with E-state index in [1.165, 1.54) is 12.1 Å². The lowest BCUT2D eigenvalue weighted by atomic mass is 10.1. The highest BCUT2D eigenvalue weighted by atomic mass is 32.2. The zero-order valence-corrected chi connectivity index (χ0v) is 14.5. The maximum Gasteiger partial charge on any atom is 0.313 e. The topological polar surface area (TPSA) is 118 Å². The van der Waals surface area contributed by atoms with Crippen molar-refractivity contribution in [3.63, 3.8) is 0 Å². The van der Waals surface area contributed by atoms with E-state index in [-0.39, 0.29) is 11.4 Å². The average Bonchev–Trinajstić information content (AvgIpc) is 2.56. The largest absolute Gasteiger partial charge is 0.347 e. The van der Waals surface area contributed by atoms with Crippen molar-refractivity contribution in [3.05, 3.63) is 59.7 Å². The van der Waals surface area contributed by atoms with Crippen molar-refractivity contribution in [1.82, 2.24) is 5.32 Å². The molecule has 0 saturated carbocycles. The van der Waals surface area contributed by atoms with Crippen LogP contribution in [0.1, 0.15) is 11.1 Å². The number of amides is 2. The molecular formula is C17H19N3O4S. The van der Waals surface area contributed by atoms with Gasteiger partial charge in [-0.1, -0.05) is 29.8 Å². The predicted octanol–water partition coefficient (Wildman–Crippen LogP) is 0.940. The molecule has 0 aliphatic heterocycles. The van der Waals surface area contributed by atoms with Crippen LogP contribution in [0.2, 0.25) is 0 Å². The van der Waals surface area contributed by atoms with Crippen molar-refractivity contribution in [2.45, 2.75) is 18.2 Å². The van der Waals surface area contributed by atoms with E-state index in [0.29, 0.717) is 12.1 Å². The second-order valence-electron chi connectivity index (χ2n) is 5.52. The third-order valence-corrected chi connectivity index (χ3v) is 4.40. The molecule has 0 bridgehead atoms. The summed E-state index contributed by atoms with van der Waals surface area (Å²) in [5.41, 5.74) is 2.41. The van der Waals surface area contributed by atoms with Crippen LogP contribution in [0, 0.1) is 6.92 Å². The van der Waals surface area contributed by atoms with Gasteiger partial charge in [0.2, 0.25) is 10.0 Å². The Labute approximate surface area is 146 Å². The number of carbonyl (C=O) groups excluding carboxylic acids is 2. The van der Waals surface area contributed by atoms with Gasteiger partial charge in [0.25, 0.3) is 0 Å². The van der Waals surface area contributed by atoms with Gasteiger partial charge in [-0.05, 0) is 43.2 Å². The van der Waals surface area contributed by atoms with Crippen LogP contribution < -0.4 is 15.8 Å². The summed E-state index contributed by atoms with van der Waals surface area (Å²) in [6.45, 7) is 2.17. The fraction of sp³-hybridized carbons (Fsp3) is 0.176. The summed E-state index contributed by atoms with van der Waals surface area (Å²) >= 11 is 0. The highest BCUT2D eigenvalue weighted by Gasteiger charge is 2.13. The normalized spacial score (nSPS) is 11.0. The van der Waals surface area contributed by atoms with Gasteiger partial charge in [0.05, 0.1) is 4.90 Å². The molecule has 2 aromatic carbocycles. The number of rotatable bonds is 5. The number of hydrogen-bond donors (Lipinski definition) is 3. The fourth-order valence-corrected chi connectivity index (χ4v) is 2.59. The van der Waals surface area contributed by atoms with Crippen LogP contribution in [-0.4, -0.2) is 26.8 Å². The van der Waals surface area contributed by atoms with Gasteiger partial charge in [-0.15, -0.1) is 0 Å². The number of carbonyl (C=O) groups is 2. The molecule has 0 radical (unpaired) electrons. The molecule has 7 nitrogen and oxygen atoms in total. The number of sulfonamides is 1. The number of anilines is 1. The molecule has 2 amide bonds. The number of nitrogens with one attached hydrogen (secondary N) is 2. The first-order valence-electron chi connectivity index (χ1n) is 7.53. The molecule has 0 saturated heterocycles. The van der Waals surface area contributed by atoms with Gasteiger partial charge < -0.3 is 10.6 Å². The summed E-state index contributed by atoms with van der Waals surface area (Å²) in [5, 5.41) is 10.0. The Morgan fingerprint density at radius 1 is 0.960 bits per heavy atom. The molecular weight excluding hydrogens is 342 g/mol. The van der Waals surface area contributed by atoms with Gasteiger partial charge >= 0.3 is 11.8 Å². The van der Waals surface area contributed by atoms with Crippen LogP contribution in [0.4, 0.5) is 5.69 Å². The fourth-order valence-electron chi connectivity index (χ4n) is 2.07. The second kappa shape index (κ2) is 7.91. The molecule has 0 fully saturated rings. The second-order valence-corrected chi connectivity index (χ2v) is 7.08. The zero-order valence-electron chi connectivity index (χ0n) is 13.7. The molecule has 0 unspecified atom stereocenters. The first kappa shape index (κ1) is 18.6. The van der Waals surface area contributed by atoms with Crippen molar-refractivity contribution in [3.8, 4) is 0 Å². The Kier molecular flexibility index (Phi) is 5.89. The molecule has 0 atom stereocenters. The smallest absolute Gasteiger partial charge is 0.313 e. The quantitative estimate of drug-likeness (QED) is 0.687. The number of nitrogens with two attached hydrogens (primary N) is 1. The van der Waals surface area contributed by atoms with E-state index in [1.807, 2.05) is 19.1 Å². The monoisotopic (exact) mass is 361 g/mol. The van der Waals surface area contributed by atoms with Gasteiger partial charge in [0, 0.05) is 12.2 Å². The van der Waals surface area contributed by atoms with Crippen molar-refractivity contribution < 1.29 is 18.0 Å². The van der Waals surface area contributed by atoms with E-state index in [2.05, 4.69) is 10.6 Å². The molecule has 25 heavy (non-hydrogen) atoms. The summed E-state index contributed by atoms with van der Waals surface area (Å²) < 4.78 is 22.3. The van der Waals surface area contributed by atoms with Crippen LogP contribution in [0.3, 0.4) is 0 Å². The highest BCUT2D eigenvalue weighted by molar-refractivity contribution is 7.89. The molecule has 8 heteroatoms. The van der Waals surface area contributed by atoms with Crippen LogP contribution >= 0.6 is 0 Å². The lowest BCUT2D eigenvalue weighted by molar-refractivity contribution is -0.136. The summed E-state index contributed by atoms with van der Waals surface area (Å²) in [7, 11) is -3.72. The molecule has 0 heterocycles. The molecule has 2 aromatic rings. The Morgan fingerprint density at radius 3 is 2.12 bits per heavy atom. The summed E-state index contributed by atoms with van der Waals surface area (Å²) in [6, 6.07) is 13.1. The van der Waals surface area contributed by atoms with Gasteiger partial charge in [0.1, 0.15) is 0 Å². The van der Waals surface area contributed by atoms with E-state index in [0.717, 1.165) is 11.1 Å². The predicted molar refractivity (Wildman–Crippen MR) is 94.3 cm³/mol. The minimum Gasteiger partial charge on any atom is -0.347 e. The van der Waals surface area contributed by atoms with Crippen LogP contribution in [0.25, 0.3) is 0 Å². The van der Waals surface area contributed by atoms with E-state index in [1.54, 1.807) is 24.3 Å². The minimum absolute atomic E-state index is 0.0257. The van der Waals surface area contributed by atoms with Crippen molar-refractivity contribution in [2.75, 3.05) is 11.9 Å². The summed E-state index contributed by atoms with van der Waals surface area (Å²) in [6.07, 6.45) is 0.453. The highest BCUT2D eigenvalue weighted by Crippen LogP contribution is 2.09. The van der Waals surface area contributed by atoms with Crippen LogP contribution in [0.5, 0.6) is 0 Å². The van der Waals surface area contributed by atoms with Gasteiger partial charge in [-0.2, -0.15) is 0 Å². The number of hydrogen-bond acceptors (Lipinski definition) is 4. The number of primary sulfonamides is 1.